The highest BCUT2D eigenvalue weighted by molar-refractivity contribution is 7.20. The zero-order valence-electron chi connectivity index (χ0n) is 7.35. The Morgan fingerprint density at radius 3 is 2.87 bits per heavy atom. The average molecular weight is 262 g/mol. The van der Waals surface area contributed by atoms with Crippen molar-refractivity contribution < 1.29 is 4.79 Å². The van der Waals surface area contributed by atoms with E-state index in [0.29, 0.717) is 14.2 Å². The Balaban J connectivity index is 2.18. The summed E-state index contributed by atoms with van der Waals surface area (Å²) in [4.78, 5) is 15.5. The molecule has 0 bridgehead atoms. The number of nitrogens with zero attached hydrogens (tertiary/aromatic N) is 3. The van der Waals surface area contributed by atoms with E-state index in [1.165, 1.54) is 28.7 Å². The first kappa shape index (κ1) is 10.6. The van der Waals surface area contributed by atoms with Gasteiger partial charge in [0.1, 0.15) is 23.5 Å². The minimum absolute atomic E-state index is 0.118. The van der Waals surface area contributed by atoms with Crippen molar-refractivity contribution in [3.8, 4) is 0 Å². The molecule has 2 aromatic rings. The quantitative estimate of drug-likeness (QED) is 0.798. The van der Waals surface area contributed by atoms with E-state index in [2.05, 4.69) is 10.1 Å². The molecule has 0 aliphatic heterocycles. The molecule has 78 valence electrons. The summed E-state index contributed by atoms with van der Waals surface area (Å²) in [7, 11) is 0. The Kier molecular flexibility index (Phi) is 3.04. The second-order valence-electron chi connectivity index (χ2n) is 2.75. The van der Waals surface area contributed by atoms with E-state index in [1.807, 2.05) is 0 Å². The fourth-order valence-electron chi connectivity index (χ4n) is 1.08. The molecule has 0 radical (unpaired) electrons. The maximum Gasteiger partial charge on any atom is 0.186 e. The molecule has 2 heterocycles. The van der Waals surface area contributed by atoms with E-state index in [9.17, 15) is 4.79 Å². The Morgan fingerprint density at radius 1 is 1.53 bits per heavy atom. The van der Waals surface area contributed by atoms with Crippen molar-refractivity contribution in [3.63, 3.8) is 0 Å². The van der Waals surface area contributed by atoms with Gasteiger partial charge in [-0.2, -0.15) is 5.10 Å². The molecular weight excluding hydrogens is 257 g/mol. The average Bonchev–Trinajstić information content (AvgIpc) is 2.75. The molecule has 0 aromatic carbocycles. The van der Waals surface area contributed by atoms with Crippen LogP contribution in [0.3, 0.4) is 0 Å². The van der Waals surface area contributed by atoms with Crippen LogP contribution in [-0.2, 0) is 6.54 Å². The van der Waals surface area contributed by atoms with Crippen LogP contribution in [0.1, 0.15) is 10.4 Å². The van der Waals surface area contributed by atoms with Crippen molar-refractivity contribution in [3.05, 3.63) is 33.0 Å². The Hall–Kier alpha value is -0.910. The fourth-order valence-corrected chi connectivity index (χ4v) is 2.58. The number of carbonyl (C=O) groups excluding carboxylic acids is 1. The number of hydrogen-bond acceptors (Lipinski definition) is 4. The zero-order valence-corrected chi connectivity index (χ0v) is 9.68. The smallest absolute Gasteiger partial charge is 0.186 e. The van der Waals surface area contributed by atoms with Crippen molar-refractivity contribution in [2.75, 3.05) is 0 Å². The molecule has 7 heteroatoms. The highest BCUT2D eigenvalue weighted by Gasteiger charge is 2.14. The first-order valence-corrected chi connectivity index (χ1v) is 5.54. The normalized spacial score (nSPS) is 10.5. The number of aromatic nitrogens is 3. The van der Waals surface area contributed by atoms with Gasteiger partial charge in [-0.3, -0.25) is 4.79 Å². The summed E-state index contributed by atoms with van der Waals surface area (Å²) in [6.45, 7) is 0.118. The third kappa shape index (κ3) is 2.37. The molecular formula is C8H5Cl2N3OS. The maximum atomic E-state index is 11.7. The molecule has 0 atom stereocenters. The van der Waals surface area contributed by atoms with Crippen molar-refractivity contribution in [1.29, 1.82) is 0 Å². The highest BCUT2D eigenvalue weighted by atomic mass is 35.5. The van der Waals surface area contributed by atoms with Crippen LogP contribution in [0, 0.1) is 0 Å². The van der Waals surface area contributed by atoms with Gasteiger partial charge in [-0.05, 0) is 6.07 Å². The lowest BCUT2D eigenvalue weighted by Crippen LogP contribution is -2.10. The third-order valence-electron chi connectivity index (χ3n) is 1.73. The minimum atomic E-state index is -0.131. The van der Waals surface area contributed by atoms with Crippen LogP contribution < -0.4 is 0 Å². The largest absolute Gasteiger partial charge is 0.292 e. The molecule has 0 saturated carbocycles. The van der Waals surface area contributed by atoms with Gasteiger partial charge in [-0.1, -0.05) is 23.2 Å². The number of carbonyl (C=O) groups is 1. The summed E-state index contributed by atoms with van der Waals surface area (Å²) in [5, 5.41) is 3.83. The van der Waals surface area contributed by atoms with Crippen LogP contribution in [0.2, 0.25) is 8.67 Å². The number of hydrogen-bond donors (Lipinski definition) is 0. The second-order valence-corrected chi connectivity index (χ2v) is 5.04. The standard InChI is InChI=1S/C8H5Cl2N3OS/c9-7-1-5(8(10)15-7)6(14)2-13-4-11-3-12-13/h1,3-4H,2H2. The molecule has 0 amide bonds. The predicted octanol–water partition coefficient (Wildman–Crippen LogP) is 2.53. The van der Waals surface area contributed by atoms with Crippen LogP contribution in [0.15, 0.2) is 18.7 Å². The van der Waals surface area contributed by atoms with E-state index in [-0.39, 0.29) is 12.3 Å². The molecule has 0 unspecified atom stereocenters. The SMILES string of the molecule is O=C(Cn1cncn1)c1cc(Cl)sc1Cl. The number of rotatable bonds is 3. The van der Waals surface area contributed by atoms with Gasteiger partial charge in [0.2, 0.25) is 0 Å². The van der Waals surface area contributed by atoms with Crippen LogP contribution >= 0.6 is 34.5 Å². The minimum Gasteiger partial charge on any atom is -0.292 e. The number of halogens is 2. The van der Waals surface area contributed by atoms with Gasteiger partial charge in [0, 0.05) is 0 Å². The van der Waals surface area contributed by atoms with E-state index in [0.717, 1.165) is 0 Å². The van der Waals surface area contributed by atoms with Gasteiger partial charge in [-0.15, -0.1) is 11.3 Å². The molecule has 0 fully saturated rings. The van der Waals surface area contributed by atoms with Crippen molar-refractivity contribution in [2.24, 2.45) is 0 Å². The molecule has 0 saturated heterocycles. The van der Waals surface area contributed by atoms with Crippen molar-refractivity contribution in [2.45, 2.75) is 6.54 Å². The lowest BCUT2D eigenvalue weighted by atomic mass is 10.2. The molecule has 0 aliphatic carbocycles. The summed E-state index contributed by atoms with van der Waals surface area (Å²) >= 11 is 12.8. The van der Waals surface area contributed by atoms with Crippen LogP contribution in [0.5, 0.6) is 0 Å². The van der Waals surface area contributed by atoms with Crippen molar-refractivity contribution >= 4 is 40.3 Å². The highest BCUT2D eigenvalue weighted by Crippen LogP contribution is 2.31. The van der Waals surface area contributed by atoms with Gasteiger partial charge in [0.25, 0.3) is 0 Å². The fraction of sp³-hybridized carbons (Fsp3) is 0.125. The van der Waals surface area contributed by atoms with Crippen LogP contribution in [0.25, 0.3) is 0 Å². The zero-order chi connectivity index (χ0) is 10.8. The van der Waals surface area contributed by atoms with Crippen LogP contribution in [-0.4, -0.2) is 20.5 Å². The first-order valence-electron chi connectivity index (χ1n) is 3.97. The summed E-state index contributed by atoms with van der Waals surface area (Å²) in [5.41, 5.74) is 0.433. The van der Waals surface area contributed by atoms with Gasteiger partial charge in [-0.25, -0.2) is 9.67 Å². The summed E-state index contributed by atoms with van der Waals surface area (Å²) in [6, 6.07) is 1.56. The van der Waals surface area contributed by atoms with Gasteiger partial charge in [0.15, 0.2) is 5.78 Å². The van der Waals surface area contributed by atoms with E-state index < -0.39 is 0 Å². The number of ketones is 1. The Labute approximate surface area is 99.5 Å². The van der Waals surface area contributed by atoms with Gasteiger partial charge < -0.3 is 0 Å². The molecule has 0 N–H and O–H groups in total. The van der Waals surface area contributed by atoms with Crippen LogP contribution in [0.4, 0.5) is 0 Å². The van der Waals surface area contributed by atoms with Gasteiger partial charge >= 0.3 is 0 Å². The molecule has 2 aromatic heterocycles. The topological polar surface area (TPSA) is 47.8 Å². The van der Waals surface area contributed by atoms with E-state index in [4.69, 9.17) is 23.2 Å². The summed E-state index contributed by atoms with van der Waals surface area (Å²) in [6.07, 6.45) is 2.84. The molecule has 4 nitrogen and oxygen atoms in total. The molecule has 0 aliphatic rings. The lowest BCUT2D eigenvalue weighted by Gasteiger charge is -1.98. The molecule has 15 heavy (non-hydrogen) atoms. The third-order valence-corrected chi connectivity index (χ3v) is 3.22. The monoisotopic (exact) mass is 261 g/mol. The lowest BCUT2D eigenvalue weighted by molar-refractivity contribution is 0.0968. The number of thiophene rings is 1. The number of Topliss-reactive ketones (excluding diaryl/α,β-unsaturated/α-hetero) is 1. The maximum absolute atomic E-state index is 11.7. The van der Waals surface area contributed by atoms with E-state index in [1.54, 1.807) is 6.07 Å². The van der Waals surface area contributed by atoms with Gasteiger partial charge in [0.05, 0.1) is 9.90 Å². The summed E-state index contributed by atoms with van der Waals surface area (Å²) in [5.74, 6) is -0.131. The second kappa shape index (κ2) is 4.30. The Morgan fingerprint density at radius 2 is 2.33 bits per heavy atom. The Bertz CT molecular complexity index is 480. The van der Waals surface area contributed by atoms with E-state index >= 15 is 0 Å². The summed E-state index contributed by atoms with van der Waals surface area (Å²) < 4.78 is 2.34. The first-order chi connectivity index (χ1) is 7.16. The van der Waals surface area contributed by atoms with Crippen molar-refractivity contribution in [1.82, 2.24) is 14.8 Å². The molecule has 0 spiro atoms. The predicted molar refractivity (Wildman–Crippen MR) is 58.7 cm³/mol. The molecule has 2 rings (SSSR count).